The van der Waals surface area contributed by atoms with Gasteiger partial charge in [0.25, 0.3) is 0 Å². The number of hydrazine groups is 3. The molecule has 0 N–H and O–H groups in total. The van der Waals surface area contributed by atoms with Gasteiger partial charge in [-0.05, 0) is 55.8 Å². The predicted octanol–water partition coefficient (Wildman–Crippen LogP) is 30.6. The Morgan fingerprint density at radius 1 is 0.229 bits per heavy atom. The van der Waals surface area contributed by atoms with Crippen LogP contribution in [0.3, 0.4) is 0 Å². The molecule has 0 radical (unpaired) electrons. The third kappa shape index (κ3) is 57.2. The van der Waals surface area contributed by atoms with Gasteiger partial charge in [0.15, 0.2) is 0 Å². The number of unbranched alkanes of at least 4 members (excludes halogenated alkanes) is 44. The average Bonchev–Trinajstić information content (AvgIpc) is 0.966. The first-order valence-corrected chi connectivity index (χ1v) is 46.2. The molecular formula is C91H185N5. The Balaban J connectivity index is 2.13. The monoisotopic (exact) mass is 1350 g/mol. The van der Waals surface area contributed by atoms with Crippen molar-refractivity contribution in [3.05, 3.63) is 0 Å². The second-order valence-corrected chi connectivity index (χ2v) is 33.5. The second kappa shape index (κ2) is 73.1. The van der Waals surface area contributed by atoms with E-state index in [9.17, 15) is 0 Å². The van der Waals surface area contributed by atoms with Crippen LogP contribution >= 0.6 is 0 Å². The summed E-state index contributed by atoms with van der Waals surface area (Å²) in [6.07, 6.45) is 103. The molecule has 0 aliphatic carbocycles. The molecule has 4 unspecified atom stereocenters. The Kier molecular flexibility index (Phi) is 70.0. The number of hydrogen-bond acceptors (Lipinski definition) is 5. The van der Waals surface area contributed by atoms with Gasteiger partial charge in [-0.15, -0.1) is 0 Å². The molecule has 0 amide bonds. The van der Waals surface area contributed by atoms with Crippen molar-refractivity contribution in [2.24, 2.45) is 23.7 Å². The molecule has 96 heavy (non-hydrogen) atoms. The van der Waals surface area contributed by atoms with Crippen LogP contribution in [0.2, 0.25) is 0 Å². The molecule has 0 bridgehead atoms. The molecule has 0 spiro atoms. The summed E-state index contributed by atoms with van der Waals surface area (Å²) in [5, 5.41) is 14.6. The van der Waals surface area contributed by atoms with Gasteiger partial charge in [0.1, 0.15) is 0 Å². The minimum atomic E-state index is 0.922. The van der Waals surface area contributed by atoms with Crippen molar-refractivity contribution >= 4 is 0 Å². The lowest BCUT2D eigenvalue weighted by atomic mass is 9.78. The van der Waals surface area contributed by atoms with E-state index in [1.165, 1.54) is 515 Å². The summed E-state index contributed by atoms with van der Waals surface area (Å²) in [7, 11) is 0. The molecule has 574 valence electrons. The molecule has 2 aliphatic heterocycles. The first-order valence-electron chi connectivity index (χ1n) is 46.2. The van der Waals surface area contributed by atoms with Crippen LogP contribution in [-0.2, 0) is 0 Å². The Hall–Kier alpha value is -0.200. The largest absolute Gasteiger partial charge is 0.242 e. The van der Waals surface area contributed by atoms with Gasteiger partial charge in [0.2, 0.25) is 0 Å². The molecule has 2 saturated heterocycles. The van der Waals surface area contributed by atoms with Crippen molar-refractivity contribution in [3.63, 3.8) is 0 Å². The highest BCUT2D eigenvalue weighted by molar-refractivity contribution is 4.75. The zero-order chi connectivity index (χ0) is 68.8. The maximum absolute atomic E-state index is 2.96. The van der Waals surface area contributed by atoms with E-state index in [0.717, 1.165) is 23.7 Å². The highest BCUT2D eigenvalue weighted by atomic mass is 15.9. The molecule has 2 rings (SSSR count). The fourth-order valence-corrected chi connectivity index (χ4v) is 17.3. The Bertz CT molecular complexity index is 1430. The van der Waals surface area contributed by atoms with E-state index in [-0.39, 0.29) is 0 Å². The van der Waals surface area contributed by atoms with E-state index in [2.05, 4.69) is 73.6 Å². The Morgan fingerprint density at radius 3 is 0.771 bits per heavy atom. The highest BCUT2D eigenvalue weighted by Gasteiger charge is 2.29. The summed E-state index contributed by atoms with van der Waals surface area (Å²) < 4.78 is 0. The standard InChI is InChI=1S/C91H185N5/c1-8-13-18-23-28-29-30-31-32-33-34-35-40-53-66-79-92(80-67-54-41-36-47-60-73-88(6)71-58-45-24-19-14-9-2)93-84-86-95(87-85-93)96(83-70-57-44-37-48-61-74-89(7)72-59-46-25-20-15-10-3)94-81-68-55-42-38-51-64-77-90(75-62-49-26-21-16-11-4)91(76-63-50-27-22-17-12-5)78-65-52-39-43-56-69-82-94/h88-91H,8-87H2,1-7H3. The first kappa shape index (κ1) is 91.9. The second-order valence-electron chi connectivity index (χ2n) is 33.5. The van der Waals surface area contributed by atoms with E-state index >= 15 is 0 Å². The van der Waals surface area contributed by atoms with Gasteiger partial charge in [0.05, 0.1) is 0 Å². The van der Waals surface area contributed by atoms with E-state index in [1.807, 2.05) is 0 Å². The van der Waals surface area contributed by atoms with Gasteiger partial charge < -0.3 is 0 Å². The molecule has 2 fully saturated rings. The van der Waals surface area contributed by atoms with Crippen molar-refractivity contribution < 1.29 is 0 Å². The van der Waals surface area contributed by atoms with Crippen molar-refractivity contribution in [2.75, 3.05) is 58.9 Å². The Labute approximate surface area is 608 Å². The quantitative estimate of drug-likeness (QED) is 0.0563. The van der Waals surface area contributed by atoms with Crippen LogP contribution in [0.4, 0.5) is 0 Å². The predicted molar refractivity (Wildman–Crippen MR) is 434 cm³/mol. The van der Waals surface area contributed by atoms with Gasteiger partial charge in [-0.25, -0.2) is 20.0 Å². The van der Waals surface area contributed by atoms with Gasteiger partial charge >= 0.3 is 0 Å². The van der Waals surface area contributed by atoms with Crippen molar-refractivity contribution in [3.8, 4) is 0 Å². The molecule has 5 heteroatoms. The molecule has 5 nitrogen and oxygen atoms in total. The van der Waals surface area contributed by atoms with Gasteiger partial charge in [-0.3, -0.25) is 0 Å². The summed E-state index contributed by atoms with van der Waals surface area (Å²) in [5.41, 5.74) is 0. The first-order chi connectivity index (χ1) is 47.5. The van der Waals surface area contributed by atoms with E-state index < -0.39 is 0 Å². The van der Waals surface area contributed by atoms with Gasteiger partial charge in [0, 0.05) is 58.9 Å². The third-order valence-electron chi connectivity index (χ3n) is 24.1. The van der Waals surface area contributed by atoms with Crippen LogP contribution in [0.15, 0.2) is 0 Å². The summed E-state index contributed by atoms with van der Waals surface area (Å²) >= 11 is 0. The van der Waals surface area contributed by atoms with Gasteiger partial charge in [-0.2, -0.15) is 5.12 Å². The lowest BCUT2D eigenvalue weighted by Gasteiger charge is -2.48. The van der Waals surface area contributed by atoms with Crippen molar-refractivity contribution in [2.45, 2.75) is 504 Å². The zero-order valence-electron chi connectivity index (χ0n) is 68.1. The van der Waals surface area contributed by atoms with Gasteiger partial charge in [-0.1, -0.05) is 472 Å². The number of hydrogen-bond donors (Lipinski definition) is 0. The maximum atomic E-state index is 2.96. The zero-order valence-corrected chi connectivity index (χ0v) is 68.1. The van der Waals surface area contributed by atoms with Crippen LogP contribution in [0.1, 0.15) is 504 Å². The summed E-state index contributed by atoms with van der Waals surface area (Å²) in [6.45, 7) is 28.0. The van der Waals surface area contributed by atoms with Crippen molar-refractivity contribution in [1.82, 2.24) is 25.2 Å². The van der Waals surface area contributed by atoms with Crippen LogP contribution in [0.5, 0.6) is 0 Å². The van der Waals surface area contributed by atoms with E-state index in [0.29, 0.717) is 0 Å². The van der Waals surface area contributed by atoms with E-state index in [1.54, 1.807) is 0 Å². The highest BCUT2D eigenvalue weighted by Crippen LogP contribution is 2.34. The molecule has 0 aromatic heterocycles. The SMILES string of the molecule is CCCCCCCCCCCCCCCCCN(CCCCCCCCC(C)CCCCCCCC)N1CCN(N(CCCCCCCCC(C)CCCCCCCC)N2CCCCCCCCC(CCCCCCCC)C(CCCCCCCC)CCCCCCCC2)CC1. The van der Waals surface area contributed by atoms with Crippen LogP contribution in [0.25, 0.3) is 0 Å². The van der Waals surface area contributed by atoms with E-state index in [4.69, 9.17) is 0 Å². The summed E-state index contributed by atoms with van der Waals surface area (Å²) in [6, 6.07) is 0. The van der Waals surface area contributed by atoms with Crippen molar-refractivity contribution in [1.29, 1.82) is 0 Å². The lowest BCUT2D eigenvalue weighted by Crippen LogP contribution is -2.62. The Morgan fingerprint density at radius 2 is 0.458 bits per heavy atom. The van der Waals surface area contributed by atoms with Crippen LogP contribution in [0, 0.1) is 23.7 Å². The fraction of sp³-hybridized carbons (Fsp3) is 1.00. The maximum Gasteiger partial charge on any atom is 0.0293 e. The summed E-state index contributed by atoms with van der Waals surface area (Å²) in [4.78, 5) is 0. The average molecular weight is 1350 g/mol. The normalized spacial score (nSPS) is 18.3. The number of rotatable bonds is 65. The lowest BCUT2D eigenvalue weighted by molar-refractivity contribution is -0.212. The topological polar surface area (TPSA) is 16.2 Å². The smallest absolute Gasteiger partial charge is 0.0293 e. The summed E-state index contributed by atoms with van der Waals surface area (Å²) in [5.74, 6) is 3.84. The molecule has 0 aromatic rings. The van der Waals surface area contributed by atoms with Crippen LogP contribution in [-0.4, -0.2) is 84.1 Å². The molecule has 0 aromatic carbocycles. The third-order valence-corrected chi connectivity index (χ3v) is 24.1. The molecule has 4 atom stereocenters. The number of piperazine rings is 1. The molecule has 2 heterocycles. The molecule has 0 saturated carbocycles. The van der Waals surface area contributed by atoms with Crippen LogP contribution < -0.4 is 0 Å². The molecular weight excluding hydrogens is 1160 g/mol. The minimum Gasteiger partial charge on any atom is -0.242 e. The fourth-order valence-electron chi connectivity index (χ4n) is 17.3. The minimum absolute atomic E-state index is 0.922. The number of nitrogens with zero attached hydrogens (tertiary/aromatic N) is 5. The molecule has 2 aliphatic rings.